The second kappa shape index (κ2) is 9.26. The Bertz CT molecular complexity index is 851. The molecule has 0 unspecified atom stereocenters. The van der Waals surface area contributed by atoms with Gasteiger partial charge in [0, 0.05) is 20.2 Å². The van der Waals surface area contributed by atoms with E-state index in [0.29, 0.717) is 23.9 Å². The van der Waals surface area contributed by atoms with Gasteiger partial charge in [0.15, 0.2) is 0 Å². The summed E-state index contributed by atoms with van der Waals surface area (Å²) in [5.74, 6) is 0. The van der Waals surface area contributed by atoms with Crippen LogP contribution in [-0.4, -0.2) is 49.3 Å². The van der Waals surface area contributed by atoms with Crippen LogP contribution >= 0.6 is 34.8 Å². The number of methoxy groups -OCH3 is 1. The molecule has 1 fully saturated rings. The van der Waals surface area contributed by atoms with Crippen molar-refractivity contribution in [3.63, 3.8) is 0 Å². The largest absolute Gasteiger partial charge is 0.382 e. The third kappa shape index (κ3) is 4.76. The predicted octanol–water partition coefficient (Wildman–Crippen LogP) is 3.82. The minimum atomic E-state index is -0.484. The van der Waals surface area contributed by atoms with Crippen molar-refractivity contribution >= 4 is 40.5 Å². The van der Waals surface area contributed by atoms with E-state index in [4.69, 9.17) is 44.3 Å². The number of anilines is 1. The van der Waals surface area contributed by atoms with Crippen molar-refractivity contribution < 1.29 is 9.47 Å². The lowest BCUT2D eigenvalue weighted by Crippen LogP contribution is -2.37. The Labute approximate surface area is 172 Å². The third-order valence-corrected chi connectivity index (χ3v) is 5.53. The van der Waals surface area contributed by atoms with Gasteiger partial charge in [-0.1, -0.05) is 34.8 Å². The molecule has 0 N–H and O–H groups in total. The molecule has 1 aliphatic heterocycles. The Balaban J connectivity index is 1.71. The third-order valence-electron chi connectivity index (χ3n) is 4.48. The van der Waals surface area contributed by atoms with Crippen LogP contribution < -0.4 is 10.5 Å². The number of halogens is 3. The molecule has 0 atom stereocenters. The average Bonchev–Trinajstić information content (AvgIpc) is 2.67. The lowest BCUT2D eigenvalue weighted by molar-refractivity contribution is 0.00610. The van der Waals surface area contributed by atoms with E-state index in [1.54, 1.807) is 19.2 Å². The maximum Gasteiger partial charge on any atom is 0.291 e. The summed E-state index contributed by atoms with van der Waals surface area (Å²) in [5.41, 5.74) is 0.968. The van der Waals surface area contributed by atoms with E-state index < -0.39 is 5.56 Å². The molecule has 1 aliphatic rings. The van der Waals surface area contributed by atoms with Crippen molar-refractivity contribution in [3.05, 3.63) is 49.8 Å². The lowest BCUT2D eigenvalue weighted by Gasteiger charge is -2.34. The Hall–Kier alpha value is -1.31. The van der Waals surface area contributed by atoms with Gasteiger partial charge in [-0.3, -0.25) is 4.79 Å². The van der Waals surface area contributed by atoms with Crippen molar-refractivity contribution in [2.45, 2.75) is 18.9 Å². The highest BCUT2D eigenvalue weighted by atomic mass is 35.5. The van der Waals surface area contributed by atoms with Crippen molar-refractivity contribution in [2.24, 2.45) is 0 Å². The van der Waals surface area contributed by atoms with Crippen LogP contribution in [0.2, 0.25) is 15.1 Å². The number of hydrogen-bond donors (Lipinski definition) is 0. The summed E-state index contributed by atoms with van der Waals surface area (Å²) in [4.78, 5) is 14.5. The molecule has 2 heterocycles. The highest BCUT2D eigenvalue weighted by Gasteiger charge is 2.21. The topological polar surface area (TPSA) is 56.6 Å². The molecule has 0 bridgehead atoms. The number of nitrogens with zero attached hydrogens (tertiary/aromatic N) is 3. The zero-order valence-electron chi connectivity index (χ0n) is 14.8. The van der Waals surface area contributed by atoms with Crippen LogP contribution in [-0.2, 0) is 9.47 Å². The zero-order chi connectivity index (χ0) is 19.4. The number of hydrogen-bond acceptors (Lipinski definition) is 5. The molecule has 146 valence electrons. The molecule has 0 aliphatic carbocycles. The fraction of sp³-hybridized carbons (Fsp3) is 0.444. The minimum absolute atomic E-state index is 0.0672. The number of aromatic nitrogens is 2. The molecule has 1 aromatic carbocycles. The maximum atomic E-state index is 12.2. The molecule has 0 spiro atoms. The molecule has 9 heteroatoms. The zero-order valence-corrected chi connectivity index (χ0v) is 17.1. The van der Waals surface area contributed by atoms with E-state index in [2.05, 4.69) is 10.00 Å². The van der Waals surface area contributed by atoms with Gasteiger partial charge < -0.3 is 14.4 Å². The van der Waals surface area contributed by atoms with E-state index in [1.165, 1.54) is 10.9 Å². The summed E-state index contributed by atoms with van der Waals surface area (Å²) in [6.07, 6.45) is 3.43. The molecule has 1 saturated heterocycles. The van der Waals surface area contributed by atoms with Crippen LogP contribution in [0.15, 0.2) is 29.2 Å². The molecule has 0 radical (unpaired) electrons. The average molecular weight is 433 g/mol. The van der Waals surface area contributed by atoms with Gasteiger partial charge in [-0.05, 0) is 31.0 Å². The first-order valence-electron chi connectivity index (χ1n) is 8.60. The second-order valence-electron chi connectivity index (χ2n) is 6.21. The first-order chi connectivity index (χ1) is 13.0. The predicted molar refractivity (Wildman–Crippen MR) is 108 cm³/mol. The van der Waals surface area contributed by atoms with Crippen molar-refractivity contribution in [2.75, 3.05) is 38.3 Å². The maximum absolute atomic E-state index is 12.2. The van der Waals surface area contributed by atoms with Gasteiger partial charge in [0.1, 0.15) is 5.02 Å². The summed E-state index contributed by atoms with van der Waals surface area (Å²) in [6.45, 7) is 2.92. The lowest BCUT2D eigenvalue weighted by atomic mass is 10.1. The minimum Gasteiger partial charge on any atom is -0.382 e. The SMILES string of the molecule is COCCOC1CCN(c2ccc(-n3ncc(Cl)c(Cl)c3=O)cc2Cl)CC1. The highest BCUT2D eigenvalue weighted by Crippen LogP contribution is 2.30. The van der Waals surface area contributed by atoms with Crippen molar-refractivity contribution in [3.8, 4) is 5.69 Å². The summed E-state index contributed by atoms with van der Waals surface area (Å²) in [5, 5.41) is 4.63. The molecular weight excluding hydrogens is 413 g/mol. The van der Waals surface area contributed by atoms with E-state index in [0.717, 1.165) is 31.6 Å². The van der Waals surface area contributed by atoms with Crippen molar-refractivity contribution in [1.29, 1.82) is 0 Å². The molecule has 3 rings (SSSR count). The van der Waals surface area contributed by atoms with Gasteiger partial charge in [-0.25, -0.2) is 0 Å². The molecule has 27 heavy (non-hydrogen) atoms. The van der Waals surface area contributed by atoms with Crippen LogP contribution in [0.3, 0.4) is 0 Å². The Kier molecular flexibility index (Phi) is 7.00. The Morgan fingerprint density at radius 1 is 1.15 bits per heavy atom. The van der Waals surface area contributed by atoms with Gasteiger partial charge in [0.25, 0.3) is 5.56 Å². The summed E-state index contributed by atoms with van der Waals surface area (Å²) >= 11 is 18.2. The van der Waals surface area contributed by atoms with Crippen LogP contribution in [0, 0.1) is 0 Å². The number of benzene rings is 1. The fourth-order valence-electron chi connectivity index (χ4n) is 3.04. The Morgan fingerprint density at radius 3 is 2.56 bits per heavy atom. The van der Waals surface area contributed by atoms with Crippen LogP contribution in [0.4, 0.5) is 5.69 Å². The number of ether oxygens (including phenoxy) is 2. The molecule has 1 aromatic heterocycles. The van der Waals surface area contributed by atoms with Gasteiger partial charge >= 0.3 is 0 Å². The first-order valence-corrected chi connectivity index (χ1v) is 9.73. The standard InChI is InChI=1S/C18H20Cl3N3O3/c1-26-8-9-27-13-4-6-23(7-5-13)16-3-2-12(10-14(16)19)24-18(25)17(21)15(20)11-22-24/h2-3,10-11,13H,4-9H2,1H3. The van der Waals surface area contributed by atoms with E-state index >= 15 is 0 Å². The van der Waals surface area contributed by atoms with E-state index in [-0.39, 0.29) is 16.1 Å². The van der Waals surface area contributed by atoms with E-state index in [1.807, 2.05) is 6.07 Å². The van der Waals surface area contributed by atoms with Crippen LogP contribution in [0.5, 0.6) is 0 Å². The second-order valence-corrected chi connectivity index (χ2v) is 7.40. The Morgan fingerprint density at radius 2 is 1.89 bits per heavy atom. The molecule has 6 nitrogen and oxygen atoms in total. The van der Waals surface area contributed by atoms with Gasteiger partial charge in [-0.15, -0.1) is 0 Å². The first kappa shape index (κ1) is 20.4. The van der Waals surface area contributed by atoms with Gasteiger partial charge in [0.2, 0.25) is 0 Å². The van der Waals surface area contributed by atoms with Crippen molar-refractivity contribution in [1.82, 2.24) is 9.78 Å². The molecular formula is C18H20Cl3N3O3. The number of rotatable bonds is 6. The normalized spacial score (nSPS) is 15.3. The van der Waals surface area contributed by atoms with Gasteiger partial charge in [0.05, 0.1) is 46.9 Å². The fourth-order valence-corrected chi connectivity index (χ4v) is 3.59. The van der Waals surface area contributed by atoms with Gasteiger partial charge in [-0.2, -0.15) is 9.78 Å². The monoisotopic (exact) mass is 431 g/mol. The summed E-state index contributed by atoms with van der Waals surface area (Å²) < 4.78 is 12.0. The molecule has 2 aromatic rings. The van der Waals surface area contributed by atoms with E-state index in [9.17, 15) is 4.79 Å². The molecule has 0 amide bonds. The number of piperidine rings is 1. The highest BCUT2D eigenvalue weighted by molar-refractivity contribution is 6.41. The summed E-state index contributed by atoms with van der Waals surface area (Å²) in [6, 6.07) is 5.39. The quantitative estimate of drug-likeness (QED) is 0.650. The van der Waals surface area contributed by atoms with Crippen LogP contribution in [0.25, 0.3) is 5.69 Å². The van der Waals surface area contributed by atoms with Crippen LogP contribution in [0.1, 0.15) is 12.8 Å². The smallest absolute Gasteiger partial charge is 0.291 e. The summed E-state index contributed by atoms with van der Waals surface area (Å²) in [7, 11) is 1.67. The molecule has 0 saturated carbocycles.